The van der Waals surface area contributed by atoms with Crippen molar-refractivity contribution in [3.05, 3.63) is 157 Å². The SMILES string of the molecule is CC(c1ccccc1)N(P(c1ccccc1)c1ccccc1)P(c1ccccc1)c1ccccc1. The van der Waals surface area contributed by atoms with Crippen molar-refractivity contribution in [2.45, 2.75) is 13.0 Å². The predicted molar refractivity (Wildman–Crippen MR) is 155 cm³/mol. The molecular formula is C32H29NP2. The van der Waals surface area contributed by atoms with Crippen LogP contribution >= 0.6 is 16.1 Å². The van der Waals surface area contributed by atoms with Gasteiger partial charge in [0, 0.05) is 22.2 Å². The smallest absolute Gasteiger partial charge is 0.0408 e. The zero-order valence-electron chi connectivity index (χ0n) is 19.9. The van der Waals surface area contributed by atoms with Gasteiger partial charge in [-0.25, -0.2) is 4.44 Å². The van der Waals surface area contributed by atoms with Crippen molar-refractivity contribution in [1.29, 1.82) is 0 Å². The van der Waals surface area contributed by atoms with Gasteiger partial charge in [-0.3, -0.25) is 0 Å². The summed E-state index contributed by atoms with van der Waals surface area (Å²) in [6.45, 7) is 2.37. The molecule has 3 heteroatoms. The Bertz CT molecular complexity index is 1130. The first-order chi connectivity index (χ1) is 17.3. The van der Waals surface area contributed by atoms with E-state index in [0.29, 0.717) is 0 Å². The molecular weight excluding hydrogens is 460 g/mol. The second-order valence-electron chi connectivity index (χ2n) is 8.37. The number of nitrogens with zero attached hydrogens (tertiary/aromatic N) is 1. The molecule has 0 saturated heterocycles. The van der Waals surface area contributed by atoms with Gasteiger partial charge in [0.05, 0.1) is 0 Å². The highest BCUT2D eigenvalue weighted by Crippen LogP contribution is 2.59. The first-order valence-electron chi connectivity index (χ1n) is 12.0. The fraction of sp³-hybridized carbons (Fsp3) is 0.0625. The quantitative estimate of drug-likeness (QED) is 0.209. The predicted octanol–water partition coefficient (Wildman–Crippen LogP) is 7.15. The van der Waals surface area contributed by atoms with Gasteiger partial charge in [0.15, 0.2) is 0 Å². The van der Waals surface area contributed by atoms with Crippen LogP contribution in [0.2, 0.25) is 0 Å². The lowest BCUT2D eigenvalue weighted by Gasteiger charge is -2.43. The van der Waals surface area contributed by atoms with Gasteiger partial charge in [-0.2, -0.15) is 0 Å². The number of benzene rings is 5. The van der Waals surface area contributed by atoms with Crippen molar-refractivity contribution in [2.75, 3.05) is 0 Å². The van der Waals surface area contributed by atoms with E-state index in [1.165, 1.54) is 26.8 Å². The lowest BCUT2D eigenvalue weighted by atomic mass is 10.1. The van der Waals surface area contributed by atoms with Crippen LogP contribution in [0, 0.1) is 0 Å². The van der Waals surface area contributed by atoms with Gasteiger partial charge in [-0.1, -0.05) is 152 Å². The van der Waals surface area contributed by atoms with Crippen molar-refractivity contribution in [2.24, 2.45) is 0 Å². The lowest BCUT2D eigenvalue weighted by molar-refractivity contribution is 0.566. The summed E-state index contributed by atoms with van der Waals surface area (Å²) in [5.41, 5.74) is 1.34. The van der Waals surface area contributed by atoms with Crippen LogP contribution in [0.5, 0.6) is 0 Å². The molecule has 1 nitrogen and oxygen atoms in total. The maximum atomic E-state index is 2.81. The molecule has 5 rings (SSSR count). The van der Waals surface area contributed by atoms with Crippen molar-refractivity contribution in [3.63, 3.8) is 0 Å². The summed E-state index contributed by atoms with van der Waals surface area (Å²) in [5, 5.41) is 5.48. The number of rotatable bonds is 8. The Morgan fingerprint density at radius 1 is 0.400 bits per heavy atom. The van der Waals surface area contributed by atoms with E-state index >= 15 is 0 Å². The molecule has 5 aromatic rings. The lowest BCUT2D eigenvalue weighted by Crippen LogP contribution is -2.33. The molecule has 0 aliphatic rings. The molecule has 35 heavy (non-hydrogen) atoms. The van der Waals surface area contributed by atoms with Gasteiger partial charge in [-0.05, 0) is 33.7 Å². The maximum absolute atomic E-state index is 2.81. The highest BCUT2D eigenvalue weighted by atomic mass is 31.2. The molecule has 0 amide bonds. The third-order valence-electron chi connectivity index (χ3n) is 6.04. The average Bonchev–Trinajstić information content (AvgIpc) is 2.95. The Labute approximate surface area is 211 Å². The van der Waals surface area contributed by atoms with E-state index in [2.05, 4.69) is 163 Å². The van der Waals surface area contributed by atoms with Crippen LogP contribution in [-0.4, -0.2) is 4.44 Å². The summed E-state index contributed by atoms with van der Waals surface area (Å²) in [7, 11) is -1.60. The van der Waals surface area contributed by atoms with Crippen molar-refractivity contribution < 1.29 is 0 Å². The molecule has 5 aromatic carbocycles. The van der Waals surface area contributed by atoms with E-state index in [4.69, 9.17) is 0 Å². The minimum atomic E-state index is -0.802. The Hall–Kier alpha value is -3.08. The van der Waals surface area contributed by atoms with E-state index in [1.807, 2.05) is 0 Å². The topological polar surface area (TPSA) is 3.24 Å². The maximum Gasteiger partial charge on any atom is 0.0408 e. The van der Waals surface area contributed by atoms with Crippen molar-refractivity contribution in [1.82, 2.24) is 4.44 Å². The van der Waals surface area contributed by atoms with Gasteiger partial charge >= 0.3 is 0 Å². The summed E-state index contributed by atoms with van der Waals surface area (Å²) >= 11 is 0. The fourth-order valence-electron chi connectivity index (χ4n) is 4.35. The molecule has 0 N–H and O–H groups in total. The van der Waals surface area contributed by atoms with E-state index in [0.717, 1.165) is 0 Å². The molecule has 0 aliphatic heterocycles. The first-order valence-corrected chi connectivity index (χ1v) is 14.6. The average molecular weight is 490 g/mol. The molecule has 0 bridgehead atoms. The van der Waals surface area contributed by atoms with E-state index in [1.54, 1.807) is 0 Å². The molecule has 1 unspecified atom stereocenters. The Kier molecular flexibility index (Phi) is 7.82. The molecule has 0 radical (unpaired) electrons. The van der Waals surface area contributed by atoms with Gasteiger partial charge in [0.1, 0.15) is 0 Å². The first kappa shape index (κ1) is 23.7. The second kappa shape index (κ2) is 11.6. The molecule has 0 heterocycles. The molecule has 0 fully saturated rings. The zero-order valence-corrected chi connectivity index (χ0v) is 21.6. The fourth-order valence-corrected chi connectivity index (χ4v) is 10.6. The Balaban J connectivity index is 1.77. The van der Waals surface area contributed by atoms with Gasteiger partial charge in [0.25, 0.3) is 0 Å². The third-order valence-corrected chi connectivity index (χ3v) is 11.8. The summed E-state index contributed by atoms with van der Waals surface area (Å²) in [4.78, 5) is 0. The minimum absolute atomic E-state index is 0.217. The minimum Gasteiger partial charge on any atom is -0.237 e. The normalized spacial score (nSPS) is 12.2. The van der Waals surface area contributed by atoms with Gasteiger partial charge in [0.2, 0.25) is 0 Å². The highest BCUT2D eigenvalue weighted by Gasteiger charge is 2.35. The van der Waals surface area contributed by atoms with Crippen LogP contribution < -0.4 is 21.2 Å². The summed E-state index contributed by atoms with van der Waals surface area (Å²) in [6.07, 6.45) is 0. The second-order valence-corrected chi connectivity index (χ2v) is 12.9. The summed E-state index contributed by atoms with van der Waals surface area (Å²) in [6, 6.07) is 55.4. The molecule has 0 spiro atoms. The van der Waals surface area contributed by atoms with E-state index < -0.39 is 16.1 Å². The molecule has 0 aromatic heterocycles. The van der Waals surface area contributed by atoms with Crippen molar-refractivity contribution in [3.8, 4) is 0 Å². The van der Waals surface area contributed by atoms with Crippen LogP contribution in [0.3, 0.4) is 0 Å². The van der Waals surface area contributed by atoms with Crippen LogP contribution in [-0.2, 0) is 0 Å². The van der Waals surface area contributed by atoms with Crippen molar-refractivity contribution >= 4 is 37.4 Å². The zero-order chi connectivity index (χ0) is 23.9. The number of hydrogen-bond donors (Lipinski definition) is 0. The highest BCUT2D eigenvalue weighted by molar-refractivity contribution is 7.84. The van der Waals surface area contributed by atoms with Crippen LogP contribution in [0.25, 0.3) is 0 Å². The number of hydrogen-bond acceptors (Lipinski definition) is 1. The molecule has 172 valence electrons. The molecule has 0 saturated carbocycles. The molecule has 0 aliphatic carbocycles. The Morgan fingerprint density at radius 2 is 0.657 bits per heavy atom. The van der Waals surface area contributed by atoms with Crippen LogP contribution in [0.4, 0.5) is 0 Å². The standard InChI is InChI=1S/C32H29NP2/c1-27(28-17-7-2-8-18-28)33(34(29-19-9-3-10-20-29)30-21-11-4-12-22-30)35(31-23-13-5-14-24-31)32-25-15-6-16-26-32/h2-27H,1H3. The van der Waals surface area contributed by atoms with E-state index in [-0.39, 0.29) is 6.04 Å². The van der Waals surface area contributed by atoms with Gasteiger partial charge in [-0.15, -0.1) is 0 Å². The summed E-state index contributed by atoms with van der Waals surface area (Å²) < 4.78 is 2.81. The van der Waals surface area contributed by atoms with E-state index in [9.17, 15) is 0 Å². The van der Waals surface area contributed by atoms with Crippen LogP contribution in [0.1, 0.15) is 18.5 Å². The monoisotopic (exact) mass is 489 g/mol. The largest absolute Gasteiger partial charge is 0.237 e. The molecule has 1 atom stereocenters. The van der Waals surface area contributed by atoms with Gasteiger partial charge < -0.3 is 0 Å². The third kappa shape index (κ3) is 5.44. The van der Waals surface area contributed by atoms with Crippen LogP contribution in [0.15, 0.2) is 152 Å². The summed E-state index contributed by atoms with van der Waals surface area (Å²) in [5.74, 6) is 0. The Morgan fingerprint density at radius 3 is 0.943 bits per heavy atom.